The van der Waals surface area contributed by atoms with Gasteiger partial charge in [0.05, 0.1) is 6.61 Å². The van der Waals surface area contributed by atoms with E-state index < -0.39 is 0 Å². The molecule has 0 aliphatic rings. The molecule has 94 valence electrons. The third-order valence-corrected chi connectivity index (χ3v) is 2.94. The lowest BCUT2D eigenvalue weighted by molar-refractivity contribution is 0.0734. The van der Waals surface area contributed by atoms with Crippen molar-refractivity contribution in [3.8, 4) is 0 Å². The maximum atomic E-state index is 9.28. The Morgan fingerprint density at radius 1 is 1.59 bits per heavy atom. The highest BCUT2D eigenvalue weighted by Gasteiger charge is 2.22. The molecule has 0 amide bonds. The molecule has 0 radical (unpaired) electrons. The monoisotopic (exact) mass is 236 g/mol. The van der Waals surface area contributed by atoms with E-state index in [0.29, 0.717) is 12.2 Å². The molecule has 0 bridgehead atoms. The summed E-state index contributed by atoms with van der Waals surface area (Å²) in [6, 6.07) is 3.68. The number of hydrogen-bond donors (Lipinski definition) is 3. The van der Waals surface area contributed by atoms with Crippen molar-refractivity contribution in [1.29, 1.82) is 5.41 Å². The standard InChI is InChI=1S/C12H20N4O/c1-12(2,8-17)16(3)7-9-4-5-15-10(6-9)11(13)14/h4-6,17H,7-8H2,1-3H3,(H3,13,14). The summed E-state index contributed by atoms with van der Waals surface area (Å²) in [6.45, 7) is 4.71. The smallest absolute Gasteiger partial charge is 0.141 e. The van der Waals surface area contributed by atoms with Crippen molar-refractivity contribution in [2.45, 2.75) is 25.9 Å². The first-order chi connectivity index (χ1) is 7.86. The minimum absolute atomic E-state index is 0.0316. The highest BCUT2D eigenvalue weighted by Crippen LogP contribution is 2.15. The third kappa shape index (κ3) is 3.51. The average molecular weight is 236 g/mol. The minimum Gasteiger partial charge on any atom is -0.394 e. The van der Waals surface area contributed by atoms with Gasteiger partial charge in [0.25, 0.3) is 0 Å². The number of hydrogen-bond acceptors (Lipinski definition) is 4. The Hall–Kier alpha value is -1.46. The van der Waals surface area contributed by atoms with Crippen LogP contribution in [0.1, 0.15) is 25.1 Å². The lowest BCUT2D eigenvalue weighted by Gasteiger charge is -2.33. The van der Waals surface area contributed by atoms with Crippen molar-refractivity contribution in [3.05, 3.63) is 29.6 Å². The third-order valence-electron chi connectivity index (χ3n) is 2.94. The van der Waals surface area contributed by atoms with E-state index in [1.54, 1.807) is 12.3 Å². The number of amidine groups is 1. The van der Waals surface area contributed by atoms with Crippen LogP contribution in [0, 0.1) is 5.41 Å². The van der Waals surface area contributed by atoms with Crippen molar-refractivity contribution in [3.63, 3.8) is 0 Å². The van der Waals surface area contributed by atoms with Gasteiger partial charge < -0.3 is 10.8 Å². The molecule has 1 aromatic rings. The van der Waals surface area contributed by atoms with Gasteiger partial charge in [-0.1, -0.05) is 0 Å². The summed E-state index contributed by atoms with van der Waals surface area (Å²) in [4.78, 5) is 6.06. The van der Waals surface area contributed by atoms with E-state index in [-0.39, 0.29) is 18.0 Å². The number of aliphatic hydroxyl groups is 1. The van der Waals surface area contributed by atoms with Gasteiger partial charge in [0.1, 0.15) is 11.5 Å². The first-order valence-electron chi connectivity index (χ1n) is 5.48. The highest BCUT2D eigenvalue weighted by atomic mass is 16.3. The second kappa shape index (κ2) is 5.25. The fraction of sp³-hybridized carbons (Fsp3) is 0.500. The fourth-order valence-electron chi connectivity index (χ4n) is 1.33. The van der Waals surface area contributed by atoms with E-state index in [9.17, 15) is 5.11 Å². The predicted molar refractivity (Wildman–Crippen MR) is 67.9 cm³/mol. The van der Waals surface area contributed by atoms with Gasteiger partial charge in [-0.15, -0.1) is 0 Å². The SMILES string of the molecule is CN(Cc1ccnc(C(=N)N)c1)C(C)(C)CO. The summed E-state index contributed by atoms with van der Waals surface area (Å²) in [5, 5.41) is 16.6. The van der Waals surface area contributed by atoms with Gasteiger partial charge in [-0.3, -0.25) is 15.3 Å². The number of likely N-dealkylation sites (N-methyl/N-ethyl adjacent to an activating group) is 1. The molecule has 5 nitrogen and oxygen atoms in total. The van der Waals surface area contributed by atoms with Crippen LogP contribution in [0.5, 0.6) is 0 Å². The molecule has 0 saturated heterocycles. The Morgan fingerprint density at radius 2 is 2.24 bits per heavy atom. The zero-order valence-corrected chi connectivity index (χ0v) is 10.6. The normalized spacial score (nSPS) is 11.8. The van der Waals surface area contributed by atoms with Crippen LogP contribution in [0.2, 0.25) is 0 Å². The van der Waals surface area contributed by atoms with E-state index >= 15 is 0 Å². The summed E-state index contributed by atoms with van der Waals surface area (Å²) < 4.78 is 0. The number of nitrogens with two attached hydrogens (primary N) is 1. The highest BCUT2D eigenvalue weighted by molar-refractivity contribution is 5.93. The molecule has 0 atom stereocenters. The topological polar surface area (TPSA) is 86.2 Å². The maximum Gasteiger partial charge on any atom is 0.141 e. The Morgan fingerprint density at radius 3 is 2.76 bits per heavy atom. The number of rotatable bonds is 5. The molecular formula is C12H20N4O. The molecule has 0 spiro atoms. The minimum atomic E-state index is -0.278. The lowest BCUT2D eigenvalue weighted by Crippen LogP contribution is -2.43. The molecule has 1 rings (SSSR count). The molecule has 0 aromatic carbocycles. The van der Waals surface area contributed by atoms with Gasteiger partial charge >= 0.3 is 0 Å². The number of aromatic nitrogens is 1. The molecule has 1 heterocycles. The Balaban J connectivity index is 2.82. The molecule has 5 heteroatoms. The summed E-state index contributed by atoms with van der Waals surface area (Å²) >= 11 is 0. The van der Waals surface area contributed by atoms with Crippen LogP contribution in [-0.4, -0.2) is 40.0 Å². The van der Waals surface area contributed by atoms with Crippen LogP contribution >= 0.6 is 0 Å². The van der Waals surface area contributed by atoms with Crippen molar-refractivity contribution < 1.29 is 5.11 Å². The predicted octanol–water partition coefficient (Wildman–Crippen LogP) is 0.568. The van der Waals surface area contributed by atoms with Crippen molar-refractivity contribution >= 4 is 5.84 Å². The molecule has 4 N–H and O–H groups in total. The van der Waals surface area contributed by atoms with Crippen LogP contribution in [-0.2, 0) is 6.54 Å². The van der Waals surface area contributed by atoms with E-state index in [1.807, 2.05) is 31.9 Å². The van der Waals surface area contributed by atoms with Gasteiger partial charge in [0.15, 0.2) is 0 Å². The summed E-state index contributed by atoms with van der Waals surface area (Å²) in [5.74, 6) is -0.0316. The Bertz CT molecular complexity index is 403. The molecule has 0 aliphatic carbocycles. The van der Waals surface area contributed by atoms with Crippen molar-refractivity contribution in [1.82, 2.24) is 9.88 Å². The molecule has 0 fully saturated rings. The number of nitrogens with one attached hydrogen (secondary N) is 1. The lowest BCUT2D eigenvalue weighted by atomic mass is 10.0. The molecule has 0 saturated carbocycles. The molecule has 0 aliphatic heterocycles. The van der Waals surface area contributed by atoms with Crippen LogP contribution in [0.15, 0.2) is 18.3 Å². The number of nitrogen functional groups attached to an aromatic ring is 1. The molecular weight excluding hydrogens is 216 g/mol. The fourth-order valence-corrected chi connectivity index (χ4v) is 1.33. The second-order valence-corrected chi connectivity index (χ2v) is 4.79. The zero-order valence-electron chi connectivity index (χ0n) is 10.6. The first kappa shape index (κ1) is 13.6. The van der Waals surface area contributed by atoms with Crippen LogP contribution in [0.3, 0.4) is 0 Å². The second-order valence-electron chi connectivity index (χ2n) is 4.79. The summed E-state index contributed by atoms with van der Waals surface area (Å²) in [6.07, 6.45) is 1.64. The van der Waals surface area contributed by atoms with Gasteiger partial charge in [-0.05, 0) is 38.6 Å². The number of nitrogens with zero attached hydrogens (tertiary/aromatic N) is 2. The van der Waals surface area contributed by atoms with Crippen LogP contribution in [0.4, 0.5) is 0 Å². The van der Waals surface area contributed by atoms with Crippen molar-refractivity contribution in [2.24, 2.45) is 5.73 Å². The summed E-state index contributed by atoms with van der Waals surface area (Å²) in [5.41, 5.74) is 6.62. The van der Waals surface area contributed by atoms with E-state index in [2.05, 4.69) is 4.98 Å². The van der Waals surface area contributed by atoms with Gasteiger partial charge in [0, 0.05) is 18.3 Å². The first-order valence-corrected chi connectivity index (χ1v) is 5.48. The molecule has 1 aromatic heterocycles. The van der Waals surface area contributed by atoms with Crippen molar-refractivity contribution in [2.75, 3.05) is 13.7 Å². The maximum absolute atomic E-state index is 9.28. The van der Waals surface area contributed by atoms with Gasteiger partial charge in [-0.25, -0.2) is 0 Å². The molecule has 17 heavy (non-hydrogen) atoms. The van der Waals surface area contributed by atoms with E-state index in [4.69, 9.17) is 11.1 Å². The van der Waals surface area contributed by atoms with Gasteiger partial charge in [0.2, 0.25) is 0 Å². The summed E-state index contributed by atoms with van der Waals surface area (Å²) in [7, 11) is 1.95. The number of pyridine rings is 1. The van der Waals surface area contributed by atoms with E-state index in [1.165, 1.54) is 0 Å². The van der Waals surface area contributed by atoms with E-state index in [0.717, 1.165) is 5.56 Å². The Labute approximate surface area is 102 Å². The largest absolute Gasteiger partial charge is 0.394 e. The van der Waals surface area contributed by atoms with Crippen LogP contribution < -0.4 is 5.73 Å². The average Bonchev–Trinajstić information content (AvgIpc) is 2.29. The Kier molecular flexibility index (Phi) is 4.20. The zero-order chi connectivity index (χ0) is 13.1. The van der Waals surface area contributed by atoms with Crippen LogP contribution in [0.25, 0.3) is 0 Å². The number of aliphatic hydroxyl groups excluding tert-OH is 1. The molecule has 0 unspecified atom stereocenters. The quantitative estimate of drug-likeness (QED) is 0.515. The van der Waals surface area contributed by atoms with Gasteiger partial charge in [-0.2, -0.15) is 0 Å².